The van der Waals surface area contributed by atoms with Crippen LogP contribution in [-0.2, 0) is 20.7 Å². The SMILES string of the molecule is COc1ccc(NC(=O)COC(=O)Cc2cccs2)cc1Cl. The smallest absolute Gasteiger partial charge is 0.311 e. The highest BCUT2D eigenvalue weighted by atomic mass is 35.5. The Labute approximate surface area is 136 Å². The summed E-state index contributed by atoms with van der Waals surface area (Å²) in [5.41, 5.74) is 0.505. The molecule has 5 nitrogen and oxygen atoms in total. The minimum Gasteiger partial charge on any atom is -0.495 e. The Morgan fingerprint density at radius 3 is 2.77 bits per heavy atom. The van der Waals surface area contributed by atoms with Crippen molar-refractivity contribution in [2.75, 3.05) is 19.0 Å². The van der Waals surface area contributed by atoms with E-state index in [1.165, 1.54) is 18.4 Å². The molecule has 1 aromatic heterocycles. The van der Waals surface area contributed by atoms with Crippen LogP contribution < -0.4 is 10.1 Å². The Morgan fingerprint density at radius 2 is 2.14 bits per heavy atom. The highest BCUT2D eigenvalue weighted by Crippen LogP contribution is 2.27. The number of anilines is 1. The van der Waals surface area contributed by atoms with Crippen LogP contribution in [-0.4, -0.2) is 25.6 Å². The summed E-state index contributed by atoms with van der Waals surface area (Å²) in [6.07, 6.45) is 0.166. The van der Waals surface area contributed by atoms with Crippen molar-refractivity contribution in [3.63, 3.8) is 0 Å². The molecule has 116 valence electrons. The normalized spacial score (nSPS) is 10.1. The van der Waals surface area contributed by atoms with Gasteiger partial charge in [0.15, 0.2) is 6.61 Å². The van der Waals surface area contributed by atoms with Crippen LogP contribution >= 0.6 is 22.9 Å². The quantitative estimate of drug-likeness (QED) is 0.821. The Balaban J connectivity index is 1.80. The number of methoxy groups -OCH3 is 1. The van der Waals surface area contributed by atoms with Gasteiger partial charge < -0.3 is 14.8 Å². The number of amides is 1. The predicted molar refractivity (Wildman–Crippen MR) is 85.6 cm³/mol. The summed E-state index contributed by atoms with van der Waals surface area (Å²) in [5, 5.41) is 4.86. The van der Waals surface area contributed by atoms with Gasteiger partial charge in [-0.15, -0.1) is 11.3 Å². The number of benzene rings is 1. The van der Waals surface area contributed by atoms with Gasteiger partial charge in [-0.2, -0.15) is 0 Å². The van der Waals surface area contributed by atoms with Crippen molar-refractivity contribution < 1.29 is 19.1 Å². The number of hydrogen-bond acceptors (Lipinski definition) is 5. The number of ether oxygens (including phenoxy) is 2. The van der Waals surface area contributed by atoms with E-state index in [4.69, 9.17) is 21.1 Å². The van der Waals surface area contributed by atoms with Crippen LogP contribution in [0.4, 0.5) is 5.69 Å². The molecule has 1 N–H and O–H groups in total. The molecule has 0 fully saturated rings. The number of rotatable bonds is 6. The molecule has 0 spiro atoms. The molecule has 0 aliphatic carbocycles. The molecule has 0 unspecified atom stereocenters. The summed E-state index contributed by atoms with van der Waals surface area (Å²) in [5.74, 6) is -0.354. The van der Waals surface area contributed by atoms with Gasteiger partial charge in [0.25, 0.3) is 5.91 Å². The number of esters is 1. The first-order valence-corrected chi connectivity index (χ1v) is 7.65. The summed E-state index contributed by atoms with van der Waals surface area (Å²) in [6, 6.07) is 8.54. The zero-order valence-electron chi connectivity index (χ0n) is 11.8. The highest BCUT2D eigenvalue weighted by Gasteiger charge is 2.10. The van der Waals surface area contributed by atoms with Crippen molar-refractivity contribution in [1.82, 2.24) is 0 Å². The lowest BCUT2D eigenvalue weighted by Crippen LogP contribution is -2.21. The number of nitrogens with one attached hydrogen (secondary N) is 1. The monoisotopic (exact) mass is 339 g/mol. The number of halogens is 1. The van der Waals surface area contributed by atoms with Crippen molar-refractivity contribution in [3.05, 3.63) is 45.6 Å². The summed E-state index contributed by atoms with van der Waals surface area (Å²) in [6.45, 7) is -0.339. The first kappa shape index (κ1) is 16.3. The van der Waals surface area contributed by atoms with Crippen LogP contribution in [0.5, 0.6) is 5.75 Å². The maximum Gasteiger partial charge on any atom is 0.311 e. The van der Waals surface area contributed by atoms with E-state index in [-0.39, 0.29) is 13.0 Å². The molecule has 2 rings (SSSR count). The first-order chi connectivity index (χ1) is 10.6. The molecule has 22 heavy (non-hydrogen) atoms. The topological polar surface area (TPSA) is 64.6 Å². The Morgan fingerprint density at radius 1 is 1.32 bits per heavy atom. The minimum absolute atomic E-state index is 0.166. The summed E-state index contributed by atoms with van der Waals surface area (Å²) >= 11 is 7.42. The summed E-state index contributed by atoms with van der Waals surface area (Å²) in [7, 11) is 1.51. The van der Waals surface area contributed by atoms with Crippen LogP contribution in [0.15, 0.2) is 35.7 Å². The Kier molecular flexibility index (Phi) is 5.80. The van der Waals surface area contributed by atoms with Gasteiger partial charge in [-0.1, -0.05) is 17.7 Å². The van der Waals surface area contributed by atoms with E-state index in [0.29, 0.717) is 16.5 Å². The molecule has 0 saturated carbocycles. The maximum absolute atomic E-state index is 11.7. The number of carbonyl (C=O) groups is 2. The van der Waals surface area contributed by atoms with E-state index in [0.717, 1.165) is 4.88 Å². The second kappa shape index (κ2) is 7.82. The molecular formula is C15H14ClNO4S. The molecular weight excluding hydrogens is 326 g/mol. The average Bonchev–Trinajstić information content (AvgIpc) is 2.98. The third-order valence-electron chi connectivity index (χ3n) is 2.70. The van der Waals surface area contributed by atoms with Gasteiger partial charge in [-0.25, -0.2) is 0 Å². The molecule has 0 saturated heterocycles. The van der Waals surface area contributed by atoms with Crippen molar-refractivity contribution in [1.29, 1.82) is 0 Å². The average molecular weight is 340 g/mol. The molecule has 0 radical (unpaired) electrons. The molecule has 2 aromatic rings. The fourth-order valence-corrected chi connectivity index (χ4v) is 2.64. The van der Waals surface area contributed by atoms with Gasteiger partial charge in [-0.05, 0) is 29.6 Å². The summed E-state index contributed by atoms with van der Waals surface area (Å²) in [4.78, 5) is 24.2. The van der Waals surface area contributed by atoms with Crippen LogP contribution in [0.1, 0.15) is 4.88 Å². The minimum atomic E-state index is -0.439. The predicted octanol–water partition coefficient (Wildman–Crippen LogP) is 3.13. The molecule has 1 heterocycles. The third kappa shape index (κ3) is 4.75. The zero-order chi connectivity index (χ0) is 15.9. The summed E-state index contributed by atoms with van der Waals surface area (Å²) < 4.78 is 9.94. The van der Waals surface area contributed by atoms with Crippen LogP contribution in [0.25, 0.3) is 0 Å². The van der Waals surface area contributed by atoms with Gasteiger partial charge in [-0.3, -0.25) is 9.59 Å². The molecule has 1 amide bonds. The lowest BCUT2D eigenvalue weighted by molar-refractivity contribution is -0.146. The zero-order valence-corrected chi connectivity index (χ0v) is 13.4. The standard InChI is InChI=1S/C15H14ClNO4S/c1-20-13-5-4-10(7-12(13)16)17-14(18)9-21-15(19)8-11-3-2-6-22-11/h2-7H,8-9H2,1H3,(H,17,18). The molecule has 0 aliphatic heterocycles. The lowest BCUT2D eigenvalue weighted by Gasteiger charge is -2.08. The van der Waals surface area contributed by atoms with Crippen molar-refractivity contribution in [3.8, 4) is 5.75 Å². The fourth-order valence-electron chi connectivity index (χ4n) is 1.69. The van der Waals surface area contributed by atoms with Gasteiger partial charge in [0.05, 0.1) is 18.6 Å². The van der Waals surface area contributed by atoms with Crippen molar-refractivity contribution in [2.45, 2.75) is 6.42 Å². The van der Waals surface area contributed by atoms with Crippen molar-refractivity contribution in [2.24, 2.45) is 0 Å². The van der Waals surface area contributed by atoms with E-state index >= 15 is 0 Å². The second-order valence-electron chi connectivity index (χ2n) is 4.31. The molecule has 0 bridgehead atoms. The van der Waals surface area contributed by atoms with Crippen LogP contribution in [0.3, 0.4) is 0 Å². The number of thiophene rings is 1. The van der Waals surface area contributed by atoms with Crippen molar-refractivity contribution >= 4 is 40.5 Å². The molecule has 1 aromatic carbocycles. The van der Waals surface area contributed by atoms with Gasteiger partial charge in [0, 0.05) is 10.6 Å². The first-order valence-electron chi connectivity index (χ1n) is 6.40. The second-order valence-corrected chi connectivity index (χ2v) is 5.75. The molecule has 7 heteroatoms. The molecule has 0 aliphatic rings. The van der Waals surface area contributed by atoms with E-state index in [9.17, 15) is 9.59 Å². The van der Waals surface area contributed by atoms with Crippen LogP contribution in [0, 0.1) is 0 Å². The largest absolute Gasteiger partial charge is 0.495 e. The molecule has 0 atom stereocenters. The van der Waals surface area contributed by atoms with E-state index in [1.807, 2.05) is 17.5 Å². The lowest BCUT2D eigenvalue weighted by atomic mass is 10.3. The fraction of sp³-hybridized carbons (Fsp3) is 0.200. The van der Waals surface area contributed by atoms with E-state index < -0.39 is 11.9 Å². The Hall–Kier alpha value is -2.05. The van der Waals surface area contributed by atoms with E-state index in [1.54, 1.807) is 18.2 Å². The van der Waals surface area contributed by atoms with Gasteiger partial charge in [0.2, 0.25) is 0 Å². The highest BCUT2D eigenvalue weighted by molar-refractivity contribution is 7.10. The number of carbonyl (C=O) groups excluding carboxylic acids is 2. The third-order valence-corrected chi connectivity index (χ3v) is 3.87. The van der Waals surface area contributed by atoms with Crippen LogP contribution in [0.2, 0.25) is 5.02 Å². The Bertz CT molecular complexity index is 658. The van der Waals surface area contributed by atoms with Gasteiger partial charge in [0.1, 0.15) is 5.75 Å². The van der Waals surface area contributed by atoms with Gasteiger partial charge >= 0.3 is 5.97 Å². The van der Waals surface area contributed by atoms with E-state index in [2.05, 4.69) is 5.32 Å². The maximum atomic E-state index is 11.7. The number of hydrogen-bond donors (Lipinski definition) is 1.